The molecule has 2 atom stereocenters. The quantitative estimate of drug-likeness (QED) is 0.864. The standard InChI is InChI=1S/C21H26N2OS/c1-16-6-5-7-17(10-16)14-25-15-21(24)23-12-19(11-22)20(13-23)18-8-3-2-4-9-18/h2-10,19-20H,11-15,22H2,1H3/t19-,20+/m1/s1. The van der Waals surface area contributed by atoms with Gasteiger partial charge in [0.1, 0.15) is 0 Å². The maximum absolute atomic E-state index is 12.6. The van der Waals surface area contributed by atoms with E-state index in [1.54, 1.807) is 11.8 Å². The van der Waals surface area contributed by atoms with Gasteiger partial charge in [0.15, 0.2) is 0 Å². The molecule has 3 rings (SSSR count). The molecular weight excluding hydrogens is 328 g/mol. The second kappa shape index (κ2) is 8.54. The van der Waals surface area contributed by atoms with Crippen molar-refractivity contribution in [2.75, 3.05) is 25.4 Å². The summed E-state index contributed by atoms with van der Waals surface area (Å²) in [5.74, 6) is 2.36. The van der Waals surface area contributed by atoms with Crippen molar-refractivity contribution >= 4 is 17.7 Å². The van der Waals surface area contributed by atoms with Crippen LogP contribution >= 0.6 is 11.8 Å². The zero-order valence-corrected chi connectivity index (χ0v) is 15.5. The number of rotatable bonds is 6. The van der Waals surface area contributed by atoms with E-state index in [2.05, 4.69) is 55.5 Å². The fourth-order valence-corrected chi connectivity index (χ4v) is 4.42. The normalized spacial score (nSPS) is 20.0. The first-order chi connectivity index (χ1) is 12.2. The van der Waals surface area contributed by atoms with Gasteiger partial charge < -0.3 is 10.6 Å². The van der Waals surface area contributed by atoms with Crippen molar-refractivity contribution in [2.24, 2.45) is 11.7 Å². The van der Waals surface area contributed by atoms with Gasteiger partial charge in [-0.15, -0.1) is 11.8 Å². The summed E-state index contributed by atoms with van der Waals surface area (Å²) in [6.07, 6.45) is 0. The van der Waals surface area contributed by atoms with Gasteiger partial charge in [-0.05, 0) is 30.5 Å². The van der Waals surface area contributed by atoms with Crippen molar-refractivity contribution in [3.05, 3.63) is 71.3 Å². The molecule has 1 fully saturated rings. The van der Waals surface area contributed by atoms with Crippen LogP contribution in [0.2, 0.25) is 0 Å². The summed E-state index contributed by atoms with van der Waals surface area (Å²) < 4.78 is 0. The number of hydrogen-bond acceptors (Lipinski definition) is 3. The van der Waals surface area contributed by atoms with E-state index >= 15 is 0 Å². The maximum Gasteiger partial charge on any atom is 0.232 e. The molecule has 3 nitrogen and oxygen atoms in total. The highest BCUT2D eigenvalue weighted by Gasteiger charge is 2.34. The molecule has 0 aromatic heterocycles. The highest BCUT2D eigenvalue weighted by Crippen LogP contribution is 2.32. The minimum absolute atomic E-state index is 0.231. The molecule has 2 aromatic rings. The van der Waals surface area contributed by atoms with Crippen LogP contribution in [0.5, 0.6) is 0 Å². The van der Waals surface area contributed by atoms with Gasteiger partial charge in [0, 0.05) is 24.8 Å². The monoisotopic (exact) mass is 354 g/mol. The summed E-state index contributed by atoms with van der Waals surface area (Å²) in [6.45, 7) is 4.29. The van der Waals surface area contributed by atoms with E-state index in [9.17, 15) is 4.79 Å². The number of nitrogens with two attached hydrogens (primary N) is 1. The van der Waals surface area contributed by atoms with Crippen molar-refractivity contribution in [1.29, 1.82) is 0 Å². The molecule has 0 bridgehead atoms. The Morgan fingerprint density at radius 2 is 1.96 bits per heavy atom. The van der Waals surface area contributed by atoms with E-state index < -0.39 is 0 Å². The van der Waals surface area contributed by atoms with Gasteiger partial charge in [0.25, 0.3) is 0 Å². The molecule has 4 heteroatoms. The van der Waals surface area contributed by atoms with Gasteiger partial charge in [-0.1, -0.05) is 60.2 Å². The average Bonchev–Trinajstić information content (AvgIpc) is 3.07. The highest BCUT2D eigenvalue weighted by molar-refractivity contribution is 7.99. The van der Waals surface area contributed by atoms with E-state index in [0.29, 0.717) is 24.1 Å². The Balaban J connectivity index is 1.54. The maximum atomic E-state index is 12.6. The molecule has 1 aliphatic heterocycles. The van der Waals surface area contributed by atoms with Crippen molar-refractivity contribution < 1.29 is 4.79 Å². The lowest BCUT2D eigenvalue weighted by atomic mass is 9.89. The lowest BCUT2D eigenvalue weighted by molar-refractivity contribution is -0.127. The number of amides is 1. The Bertz CT molecular complexity index is 704. The van der Waals surface area contributed by atoms with Crippen LogP contribution in [0.4, 0.5) is 0 Å². The number of likely N-dealkylation sites (tertiary alicyclic amines) is 1. The fourth-order valence-electron chi connectivity index (χ4n) is 3.54. The van der Waals surface area contributed by atoms with E-state index in [1.807, 2.05) is 11.0 Å². The molecule has 0 spiro atoms. The lowest BCUT2D eigenvalue weighted by Crippen LogP contribution is -2.31. The Kier molecular flexibility index (Phi) is 6.16. The molecule has 0 saturated carbocycles. The number of carbonyl (C=O) groups is 1. The first-order valence-corrected chi connectivity index (χ1v) is 9.99. The molecule has 1 saturated heterocycles. The van der Waals surface area contributed by atoms with Crippen LogP contribution in [-0.2, 0) is 10.5 Å². The lowest BCUT2D eigenvalue weighted by Gasteiger charge is -2.16. The number of hydrogen-bond donors (Lipinski definition) is 1. The minimum Gasteiger partial charge on any atom is -0.341 e. The molecule has 2 aromatic carbocycles. The van der Waals surface area contributed by atoms with E-state index in [0.717, 1.165) is 18.8 Å². The zero-order chi connectivity index (χ0) is 17.6. The van der Waals surface area contributed by atoms with Gasteiger partial charge in [-0.2, -0.15) is 0 Å². The first-order valence-electron chi connectivity index (χ1n) is 8.83. The largest absolute Gasteiger partial charge is 0.341 e. The summed E-state index contributed by atoms with van der Waals surface area (Å²) in [5.41, 5.74) is 9.81. The predicted octanol–water partition coefficient (Wildman–Crippen LogP) is 3.43. The van der Waals surface area contributed by atoms with Crippen LogP contribution in [0.3, 0.4) is 0 Å². The Morgan fingerprint density at radius 1 is 1.16 bits per heavy atom. The zero-order valence-electron chi connectivity index (χ0n) is 14.7. The Labute approximate surface area is 154 Å². The summed E-state index contributed by atoms with van der Waals surface area (Å²) in [4.78, 5) is 14.6. The number of thioether (sulfide) groups is 1. The number of benzene rings is 2. The third-order valence-corrected chi connectivity index (χ3v) is 5.89. The number of carbonyl (C=O) groups excluding carboxylic acids is 1. The summed E-state index contributed by atoms with van der Waals surface area (Å²) in [7, 11) is 0. The molecule has 0 radical (unpaired) electrons. The van der Waals surface area contributed by atoms with Gasteiger partial charge in [0.2, 0.25) is 5.91 Å². The van der Waals surface area contributed by atoms with Gasteiger partial charge >= 0.3 is 0 Å². The van der Waals surface area contributed by atoms with E-state index in [-0.39, 0.29) is 5.91 Å². The molecule has 2 N–H and O–H groups in total. The van der Waals surface area contributed by atoms with Crippen LogP contribution < -0.4 is 5.73 Å². The van der Waals surface area contributed by atoms with Gasteiger partial charge in [-0.3, -0.25) is 4.79 Å². The number of nitrogens with zero attached hydrogens (tertiary/aromatic N) is 1. The van der Waals surface area contributed by atoms with Gasteiger partial charge in [0.05, 0.1) is 5.75 Å². The smallest absolute Gasteiger partial charge is 0.232 e. The molecule has 0 unspecified atom stereocenters. The van der Waals surface area contributed by atoms with Crippen molar-refractivity contribution in [3.8, 4) is 0 Å². The fraction of sp³-hybridized carbons (Fsp3) is 0.381. The second-order valence-corrected chi connectivity index (χ2v) is 7.78. The average molecular weight is 355 g/mol. The SMILES string of the molecule is Cc1cccc(CSCC(=O)N2C[C@@H](CN)[C@H](c3ccccc3)C2)c1. The molecule has 1 heterocycles. The second-order valence-electron chi connectivity index (χ2n) is 6.79. The summed E-state index contributed by atoms with van der Waals surface area (Å²) in [6, 6.07) is 18.9. The molecular formula is C21H26N2OS. The molecule has 1 aliphatic rings. The molecule has 25 heavy (non-hydrogen) atoms. The minimum atomic E-state index is 0.231. The summed E-state index contributed by atoms with van der Waals surface area (Å²) >= 11 is 1.69. The van der Waals surface area contributed by atoms with Crippen LogP contribution in [0.25, 0.3) is 0 Å². The van der Waals surface area contributed by atoms with E-state index in [4.69, 9.17) is 5.73 Å². The highest BCUT2D eigenvalue weighted by atomic mass is 32.2. The van der Waals surface area contributed by atoms with Crippen molar-refractivity contribution in [2.45, 2.75) is 18.6 Å². The Hall–Kier alpha value is -1.78. The van der Waals surface area contributed by atoms with Crippen LogP contribution in [0, 0.1) is 12.8 Å². The van der Waals surface area contributed by atoms with E-state index in [1.165, 1.54) is 16.7 Å². The van der Waals surface area contributed by atoms with Gasteiger partial charge in [-0.25, -0.2) is 0 Å². The molecule has 132 valence electrons. The summed E-state index contributed by atoms with van der Waals surface area (Å²) in [5, 5.41) is 0. The third kappa shape index (κ3) is 4.65. The molecule has 1 amide bonds. The van der Waals surface area contributed by atoms with Crippen LogP contribution in [0.15, 0.2) is 54.6 Å². The van der Waals surface area contributed by atoms with Crippen LogP contribution in [-0.4, -0.2) is 36.2 Å². The topological polar surface area (TPSA) is 46.3 Å². The van der Waals surface area contributed by atoms with Crippen molar-refractivity contribution in [1.82, 2.24) is 4.90 Å². The van der Waals surface area contributed by atoms with Crippen LogP contribution in [0.1, 0.15) is 22.6 Å². The third-order valence-electron chi connectivity index (χ3n) is 4.90. The molecule has 0 aliphatic carbocycles. The van der Waals surface area contributed by atoms with Crippen molar-refractivity contribution in [3.63, 3.8) is 0 Å². The predicted molar refractivity (Wildman–Crippen MR) is 106 cm³/mol. The number of aryl methyl sites for hydroxylation is 1. The first kappa shape index (κ1) is 18.0. The Morgan fingerprint density at radius 3 is 2.68 bits per heavy atom.